The molecule has 0 bridgehead atoms. The molecule has 0 radical (unpaired) electrons. The van der Waals surface area contributed by atoms with Gasteiger partial charge in [0, 0.05) is 30.7 Å². The highest BCUT2D eigenvalue weighted by atomic mass is 79.9. The third kappa shape index (κ3) is 3.00. The van der Waals surface area contributed by atoms with E-state index in [9.17, 15) is 0 Å². The van der Waals surface area contributed by atoms with E-state index in [1.807, 2.05) is 12.1 Å². The molecule has 92 valence electrons. The van der Waals surface area contributed by atoms with Crippen LogP contribution in [0.1, 0.15) is 18.9 Å². The quantitative estimate of drug-likeness (QED) is 0.926. The van der Waals surface area contributed by atoms with Crippen molar-refractivity contribution in [2.45, 2.75) is 19.9 Å². The first-order valence-corrected chi connectivity index (χ1v) is 6.83. The second kappa shape index (κ2) is 5.54. The molecule has 4 heteroatoms. The fourth-order valence-electron chi connectivity index (χ4n) is 2.15. The third-order valence-electron chi connectivity index (χ3n) is 2.99. The monoisotopic (exact) mass is 295 g/mol. The van der Waals surface area contributed by atoms with Crippen LogP contribution in [0.5, 0.6) is 0 Å². The fraction of sp³-hybridized carbons (Fsp3) is 0.462. The van der Waals surface area contributed by atoms with Crippen molar-refractivity contribution in [3.05, 3.63) is 34.3 Å². The molecule has 1 aliphatic rings. The van der Waals surface area contributed by atoms with Crippen LogP contribution in [0.25, 0.3) is 0 Å². The number of hydrogen-bond acceptors (Lipinski definition) is 1. The predicted molar refractivity (Wildman–Crippen MR) is 74.1 cm³/mol. The van der Waals surface area contributed by atoms with E-state index in [0.29, 0.717) is 5.96 Å². The van der Waals surface area contributed by atoms with Crippen molar-refractivity contribution in [3.8, 4) is 0 Å². The SMILES string of the molecule is CCCN1CCN(Cc2cccc(Br)c2)C1=N. The van der Waals surface area contributed by atoms with Crippen LogP contribution in [-0.4, -0.2) is 35.4 Å². The van der Waals surface area contributed by atoms with Crippen molar-refractivity contribution < 1.29 is 0 Å². The van der Waals surface area contributed by atoms with Crippen molar-refractivity contribution >= 4 is 21.9 Å². The lowest BCUT2D eigenvalue weighted by Crippen LogP contribution is -2.32. The average Bonchev–Trinajstić information content (AvgIpc) is 2.62. The van der Waals surface area contributed by atoms with Gasteiger partial charge in [0.25, 0.3) is 0 Å². The largest absolute Gasteiger partial charge is 0.341 e. The molecular formula is C13H18BrN3. The molecule has 1 aliphatic heterocycles. The minimum Gasteiger partial charge on any atom is -0.341 e. The van der Waals surface area contributed by atoms with Gasteiger partial charge < -0.3 is 9.80 Å². The fourth-order valence-corrected chi connectivity index (χ4v) is 2.60. The van der Waals surface area contributed by atoms with Crippen molar-refractivity contribution in [1.29, 1.82) is 5.41 Å². The van der Waals surface area contributed by atoms with E-state index in [-0.39, 0.29) is 0 Å². The molecule has 1 saturated heterocycles. The van der Waals surface area contributed by atoms with Crippen LogP contribution in [-0.2, 0) is 6.54 Å². The number of guanidine groups is 1. The zero-order valence-electron chi connectivity index (χ0n) is 10.1. The number of halogens is 1. The maximum atomic E-state index is 8.11. The smallest absolute Gasteiger partial charge is 0.194 e. The number of hydrogen-bond donors (Lipinski definition) is 1. The summed E-state index contributed by atoms with van der Waals surface area (Å²) in [5, 5.41) is 8.11. The van der Waals surface area contributed by atoms with Crippen LogP contribution < -0.4 is 0 Å². The Labute approximate surface area is 111 Å². The molecular weight excluding hydrogens is 278 g/mol. The van der Waals surface area contributed by atoms with Gasteiger partial charge in [0.05, 0.1) is 0 Å². The summed E-state index contributed by atoms with van der Waals surface area (Å²) in [6.45, 7) is 5.93. The third-order valence-corrected chi connectivity index (χ3v) is 3.49. The lowest BCUT2D eigenvalue weighted by Gasteiger charge is -2.21. The number of nitrogens with one attached hydrogen (secondary N) is 1. The Morgan fingerprint density at radius 2 is 2.06 bits per heavy atom. The highest BCUT2D eigenvalue weighted by Crippen LogP contribution is 2.16. The van der Waals surface area contributed by atoms with Crippen molar-refractivity contribution in [3.63, 3.8) is 0 Å². The topological polar surface area (TPSA) is 30.3 Å². The van der Waals surface area contributed by atoms with Crippen LogP contribution in [0, 0.1) is 5.41 Å². The summed E-state index contributed by atoms with van der Waals surface area (Å²) >= 11 is 3.48. The molecule has 1 aromatic carbocycles. The maximum Gasteiger partial charge on any atom is 0.194 e. The van der Waals surface area contributed by atoms with Gasteiger partial charge in [-0.1, -0.05) is 35.0 Å². The molecule has 0 aliphatic carbocycles. The molecule has 1 aromatic rings. The van der Waals surface area contributed by atoms with Crippen molar-refractivity contribution in [2.75, 3.05) is 19.6 Å². The molecule has 0 spiro atoms. The Morgan fingerprint density at radius 3 is 2.76 bits per heavy atom. The Hall–Kier alpha value is -1.03. The van der Waals surface area contributed by atoms with Gasteiger partial charge in [-0.3, -0.25) is 5.41 Å². The van der Waals surface area contributed by atoms with Crippen LogP contribution >= 0.6 is 15.9 Å². The summed E-state index contributed by atoms with van der Waals surface area (Å²) in [7, 11) is 0. The second-order valence-electron chi connectivity index (χ2n) is 4.36. The molecule has 1 heterocycles. The summed E-state index contributed by atoms with van der Waals surface area (Å²) in [4.78, 5) is 4.29. The van der Waals surface area contributed by atoms with E-state index >= 15 is 0 Å². The van der Waals surface area contributed by atoms with Crippen LogP contribution in [0.2, 0.25) is 0 Å². The number of rotatable bonds is 4. The maximum absolute atomic E-state index is 8.11. The first kappa shape index (κ1) is 12.4. The van der Waals surface area contributed by atoms with Gasteiger partial charge in [0.2, 0.25) is 0 Å². The van der Waals surface area contributed by atoms with E-state index in [1.165, 1.54) is 5.56 Å². The molecule has 0 atom stereocenters. The Bertz CT molecular complexity index is 405. The summed E-state index contributed by atoms with van der Waals surface area (Å²) in [6.07, 6.45) is 1.10. The molecule has 1 fully saturated rings. The van der Waals surface area contributed by atoms with Gasteiger partial charge in [-0.05, 0) is 24.1 Å². The number of benzene rings is 1. The molecule has 3 nitrogen and oxygen atoms in total. The molecule has 0 aromatic heterocycles. The van der Waals surface area contributed by atoms with Gasteiger partial charge in [-0.2, -0.15) is 0 Å². The molecule has 0 saturated carbocycles. The van der Waals surface area contributed by atoms with Gasteiger partial charge in [-0.15, -0.1) is 0 Å². The first-order chi connectivity index (χ1) is 8.20. The van der Waals surface area contributed by atoms with Gasteiger partial charge in [-0.25, -0.2) is 0 Å². The Morgan fingerprint density at radius 1 is 1.29 bits per heavy atom. The van der Waals surface area contributed by atoms with E-state index in [0.717, 1.165) is 37.1 Å². The zero-order valence-corrected chi connectivity index (χ0v) is 11.7. The van der Waals surface area contributed by atoms with E-state index in [2.05, 4.69) is 44.8 Å². The minimum atomic E-state index is 0.673. The zero-order chi connectivity index (χ0) is 12.3. The second-order valence-corrected chi connectivity index (χ2v) is 5.28. The lowest BCUT2D eigenvalue weighted by atomic mass is 10.2. The number of nitrogens with zero attached hydrogens (tertiary/aromatic N) is 2. The molecule has 17 heavy (non-hydrogen) atoms. The van der Waals surface area contributed by atoms with Gasteiger partial charge in [0.15, 0.2) is 5.96 Å². The lowest BCUT2D eigenvalue weighted by molar-refractivity contribution is 0.452. The molecule has 1 N–H and O–H groups in total. The standard InChI is InChI=1S/C13H18BrN3/c1-2-6-16-7-8-17(13(16)15)10-11-4-3-5-12(14)9-11/h3-5,9,15H,2,6-8,10H2,1H3. The van der Waals surface area contributed by atoms with Gasteiger partial charge >= 0.3 is 0 Å². The summed E-state index contributed by atoms with van der Waals surface area (Å²) in [5.74, 6) is 0.673. The van der Waals surface area contributed by atoms with E-state index in [4.69, 9.17) is 5.41 Å². The van der Waals surface area contributed by atoms with E-state index in [1.54, 1.807) is 0 Å². The van der Waals surface area contributed by atoms with Crippen molar-refractivity contribution in [2.24, 2.45) is 0 Å². The average molecular weight is 296 g/mol. The van der Waals surface area contributed by atoms with Crippen LogP contribution in [0.15, 0.2) is 28.7 Å². The van der Waals surface area contributed by atoms with Crippen LogP contribution in [0.3, 0.4) is 0 Å². The first-order valence-electron chi connectivity index (χ1n) is 6.03. The highest BCUT2D eigenvalue weighted by molar-refractivity contribution is 9.10. The molecule has 2 rings (SSSR count). The summed E-state index contributed by atoms with van der Waals surface area (Å²) in [5.41, 5.74) is 1.25. The summed E-state index contributed by atoms with van der Waals surface area (Å²) < 4.78 is 1.10. The Kier molecular flexibility index (Phi) is 4.05. The molecule has 0 amide bonds. The summed E-state index contributed by atoms with van der Waals surface area (Å²) in [6, 6.07) is 8.31. The molecule has 0 unspecified atom stereocenters. The Balaban J connectivity index is 1.99. The highest BCUT2D eigenvalue weighted by Gasteiger charge is 2.23. The van der Waals surface area contributed by atoms with Crippen molar-refractivity contribution in [1.82, 2.24) is 9.80 Å². The van der Waals surface area contributed by atoms with E-state index < -0.39 is 0 Å². The van der Waals surface area contributed by atoms with Gasteiger partial charge in [0.1, 0.15) is 0 Å². The normalized spacial score (nSPS) is 15.8. The minimum absolute atomic E-state index is 0.673. The van der Waals surface area contributed by atoms with Crippen LogP contribution in [0.4, 0.5) is 0 Å². The predicted octanol–water partition coefficient (Wildman–Crippen LogP) is 2.91.